The van der Waals surface area contributed by atoms with Crippen LogP contribution in [0.15, 0.2) is 30.3 Å². The fourth-order valence-electron chi connectivity index (χ4n) is 1.54. The van der Waals surface area contributed by atoms with Gasteiger partial charge < -0.3 is 4.90 Å². The standard InChI is InChI=1S/C11H13N5O/c1-8(9-6-4-3-5-7-9)16(2)11(17)10-12-14-15-13-10/h3-8H,1-2H3,(H,12,13,14,15). The minimum Gasteiger partial charge on any atom is -0.332 e. The molecule has 0 aliphatic carbocycles. The lowest BCUT2D eigenvalue weighted by Crippen LogP contribution is -2.30. The number of hydrogen-bond acceptors (Lipinski definition) is 4. The number of rotatable bonds is 3. The van der Waals surface area contributed by atoms with Crippen LogP contribution in [0.2, 0.25) is 0 Å². The molecule has 1 N–H and O–H groups in total. The molecule has 0 saturated heterocycles. The van der Waals surface area contributed by atoms with Crippen LogP contribution in [0.5, 0.6) is 0 Å². The first kappa shape index (κ1) is 11.3. The summed E-state index contributed by atoms with van der Waals surface area (Å²) in [5, 5.41) is 13.0. The van der Waals surface area contributed by atoms with Gasteiger partial charge in [-0.15, -0.1) is 10.2 Å². The summed E-state index contributed by atoms with van der Waals surface area (Å²) in [6, 6.07) is 9.74. The Kier molecular flexibility index (Phi) is 3.13. The van der Waals surface area contributed by atoms with Crippen molar-refractivity contribution in [1.82, 2.24) is 25.5 Å². The van der Waals surface area contributed by atoms with Gasteiger partial charge in [0.05, 0.1) is 6.04 Å². The van der Waals surface area contributed by atoms with E-state index in [0.717, 1.165) is 5.56 Å². The maximum Gasteiger partial charge on any atom is 0.295 e. The zero-order valence-electron chi connectivity index (χ0n) is 9.66. The predicted molar refractivity (Wildman–Crippen MR) is 61.1 cm³/mol. The number of nitrogens with zero attached hydrogens (tertiary/aromatic N) is 4. The first-order chi connectivity index (χ1) is 8.20. The van der Waals surface area contributed by atoms with Crippen molar-refractivity contribution in [3.8, 4) is 0 Å². The smallest absolute Gasteiger partial charge is 0.295 e. The van der Waals surface area contributed by atoms with E-state index in [1.54, 1.807) is 11.9 Å². The van der Waals surface area contributed by atoms with Gasteiger partial charge in [-0.05, 0) is 17.7 Å². The summed E-state index contributed by atoms with van der Waals surface area (Å²) >= 11 is 0. The Morgan fingerprint density at radius 2 is 2.06 bits per heavy atom. The number of aromatic amines is 1. The number of amides is 1. The molecule has 1 amide bonds. The summed E-state index contributed by atoms with van der Waals surface area (Å²) in [6.45, 7) is 1.95. The quantitative estimate of drug-likeness (QED) is 0.856. The van der Waals surface area contributed by atoms with E-state index in [2.05, 4.69) is 20.6 Å². The van der Waals surface area contributed by atoms with Crippen LogP contribution in [0.4, 0.5) is 0 Å². The summed E-state index contributed by atoms with van der Waals surface area (Å²) in [4.78, 5) is 13.5. The molecule has 6 heteroatoms. The van der Waals surface area contributed by atoms with Crippen LogP contribution in [0.3, 0.4) is 0 Å². The van der Waals surface area contributed by atoms with E-state index in [4.69, 9.17) is 0 Å². The Hall–Kier alpha value is -2.24. The van der Waals surface area contributed by atoms with Gasteiger partial charge in [0, 0.05) is 7.05 Å². The van der Waals surface area contributed by atoms with Gasteiger partial charge in [-0.1, -0.05) is 30.3 Å². The molecule has 0 saturated carbocycles. The zero-order chi connectivity index (χ0) is 12.3. The molecule has 1 aromatic carbocycles. The SMILES string of the molecule is CC(c1ccccc1)N(C)C(=O)c1nn[nH]n1. The molecular weight excluding hydrogens is 218 g/mol. The van der Waals surface area contributed by atoms with E-state index in [9.17, 15) is 4.79 Å². The van der Waals surface area contributed by atoms with Crippen LogP contribution in [0.25, 0.3) is 0 Å². The lowest BCUT2D eigenvalue weighted by Gasteiger charge is -2.23. The summed E-state index contributed by atoms with van der Waals surface area (Å²) in [7, 11) is 1.72. The number of nitrogens with one attached hydrogen (secondary N) is 1. The fraction of sp³-hybridized carbons (Fsp3) is 0.273. The number of hydrogen-bond donors (Lipinski definition) is 1. The summed E-state index contributed by atoms with van der Waals surface area (Å²) in [6.07, 6.45) is 0. The van der Waals surface area contributed by atoms with Crippen molar-refractivity contribution < 1.29 is 4.79 Å². The topological polar surface area (TPSA) is 74.8 Å². The van der Waals surface area contributed by atoms with Gasteiger partial charge in [-0.25, -0.2) is 0 Å². The molecule has 17 heavy (non-hydrogen) atoms. The lowest BCUT2D eigenvalue weighted by molar-refractivity contribution is 0.0730. The molecule has 2 rings (SSSR count). The van der Waals surface area contributed by atoms with Crippen molar-refractivity contribution in [2.45, 2.75) is 13.0 Å². The molecule has 1 unspecified atom stereocenters. The molecule has 0 spiro atoms. The van der Waals surface area contributed by atoms with Crippen molar-refractivity contribution in [3.05, 3.63) is 41.7 Å². The maximum atomic E-state index is 12.0. The highest BCUT2D eigenvalue weighted by Crippen LogP contribution is 2.18. The number of carbonyl (C=O) groups is 1. The summed E-state index contributed by atoms with van der Waals surface area (Å²) in [5.74, 6) is -0.176. The average molecular weight is 231 g/mol. The van der Waals surface area contributed by atoms with Crippen LogP contribution >= 0.6 is 0 Å². The maximum absolute atomic E-state index is 12.0. The Labute approximate surface area is 98.6 Å². The second kappa shape index (κ2) is 4.73. The van der Waals surface area contributed by atoms with Gasteiger partial charge in [0.25, 0.3) is 11.7 Å². The molecule has 0 fully saturated rings. The van der Waals surface area contributed by atoms with Crippen molar-refractivity contribution in [1.29, 1.82) is 0 Å². The van der Waals surface area contributed by atoms with Crippen LogP contribution in [0, 0.1) is 0 Å². The molecule has 0 aliphatic rings. The van der Waals surface area contributed by atoms with Crippen molar-refractivity contribution in [2.75, 3.05) is 7.05 Å². The third-order valence-corrected chi connectivity index (χ3v) is 2.72. The Morgan fingerprint density at radius 1 is 1.35 bits per heavy atom. The number of carbonyl (C=O) groups excluding carboxylic acids is 1. The van der Waals surface area contributed by atoms with Crippen LogP contribution in [-0.2, 0) is 0 Å². The largest absolute Gasteiger partial charge is 0.332 e. The number of benzene rings is 1. The minimum atomic E-state index is -0.255. The number of tetrazole rings is 1. The highest BCUT2D eigenvalue weighted by Gasteiger charge is 2.21. The van der Waals surface area contributed by atoms with Gasteiger partial charge in [-0.2, -0.15) is 5.21 Å². The lowest BCUT2D eigenvalue weighted by atomic mass is 10.1. The Morgan fingerprint density at radius 3 is 2.65 bits per heavy atom. The molecule has 1 heterocycles. The monoisotopic (exact) mass is 231 g/mol. The molecule has 0 bridgehead atoms. The van der Waals surface area contributed by atoms with E-state index in [0.29, 0.717) is 0 Å². The normalized spacial score (nSPS) is 12.1. The van der Waals surface area contributed by atoms with Crippen molar-refractivity contribution >= 4 is 5.91 Å². The molecule has 88 valence electrons. The zero-order valence-corrected chi connectivity index (χ0v) is 9.66. The first-order valence-electron chi connectivity index (χ1n) is 5.25. The van der Waals surface area contributed by atoms with Crippen LogP contribution < -0.4 is 0 Å². The molecule has 1 atom stereocenters. The Bertz CT molecular complexity index is 482. The molecule has 0 aliphatic heterocycles. The van der Waals surface area contributed by atoms with Gasteiger partial charge >= 0.3 is 0 Å². The van der Waals surface area contributed by atoms with Gasteiger partial charge in [0.15, 0.2) is 0 Å². The predicted octanol–water partition coefficient (Wildman–Crippen LogP) is 1.03. The van der Waals surface area contributed by atoms with E-state index >= 15 is 0 Å². The van der Waals surface area contributed by atoms with E-state index < -0.39 is 0 Å². The minimum absolute atomic E-state index is 0.0396. The summed E-state index contributed by atoms with van der Waals surface area (Å²) in [5.41, 5.74) is 1.06. The van der Waals surface area contributed by atoms with E-state index in [-0.39, 0.29) is 17.8 Å². The van der Waals surface area contributed by atoms with Crippen molar-refractivity contribution in [2.24, 2.45) is 0 Å². The number of aromatic nitrogens is 4. The molecule has 1 aromatic heterocycles. The molecule has 0 radical (unpaired) electrons. The third kappa shape index (κ3) is 2.30. The van der Waals surface area contributed by atoms with Gasteiger partial charge in [-0.3, -0.25) is 4.79 Å². The van der Waals surface area contributed by atoms with Crippen LogP contribution in [0.1, 0.15) is 29.1 Å². The van der Waals surface area contributed by atoms with E-state index in [1.165, 1.54) is 0 Å². The highest BCUT2D eigenvalue weighted by molar-refractivity contribution is 5.90. The second-order valence-corrected chi connectivity index (χ2v) is 3.74. The summed E-state index contributed by atoms with van der Waals surface area (Å²) < 4.78 is 0. The fourth-order valence-corrected chi connectivity index (χ4v) is 1.54. The second-order valence-electron chi connectivity index (χ2n) is 3.74. The Balaban J connectivity index is 2.15. The highest BCUT2D eigenvalue weighted by atomic mass is 16.2. The average Bonchev–Trinajstić information content (AvgIpc) is 2.91. The van der Waals surface area contributed by atoms with Crippen LogP contribution in [-0.4, -0.2) is 38.5 Å². The molecule has 2 aromatic rings. The molecular formula is C11H13N5O. The number of H-pyrrole nitrogens is 1. The third-order valence-electron chi connectivity index (χ3n) is 2.72. The van der Waals surface area contributed by atoms with Gasteiger partial charge in [0.2, 0.25) is 0 Å². The van der Waals surface area contributed by atoms with Gasteiger partial charge in [0.1, 0.15) is 0 Å². The first-order valence-corrected chi connectivity index (χ1v) is 5.25. The molecule has 6 nitrogen and oxygen atoms in total. The van der Waals surface area contributed by atoms with Crippen molar-refractivity contribution in [3.63, 3.8) is 0 Å². The van der Waals surface area contributed by atoms with E-state index in [1.807, 2.05) is 37.3 Å².